The van der Waals surface area contributed by atoms with Gasteiger partial charge in [-0.2, -0.15) is 0 Å². The second-order valence-electron chi connectivity index (χ2n) is 5.02. The van der Waals surface area contributed by atoms with E-state index in [0.717, 1.165) is 5.56 Å². The first-order valence-electron chi connectivity index (χ1n) is 6.95. The average molecular weight is 312 g/mol. The first-order chi connectivity index (χ1) is 9.91. The van der Waals surface area contributed by atoms with E-state index in [2.05, 4.69) is 10.5 Å². The number of carbonyl (C=O) groups is 1. The van der Waals surface area contributed by atoms with Crippen LogP contribution in [-0.2, 0) is 4.79 Å². The van der Waals surface area contributed by atoms with E-state index in [1.807, 2.05) is 32.9 Å². The maximum absolute atomic E-state index is 12.6. The highest BCUT2D eigenvalue weighted by Gasteiger charge is 2.40. The van der Waals surface area contributed by atoms with Crippen LogP contribution >= 0.6 is 11.6 Å². The molecule has 0 saturated carbocycles. The van der Waals surface area contributed by atoms with Gasteiger partial charge in [0.2, 0.25) is 5.91 Å². The molecule has 1 aromatic rings. The second kappa shape index (κ2) is 7.31. The third-order valence-corrected chi connectivity index (χ3v) is 4.17. The number of amides is 1. The summed E-state index contributed by atoms with van der Waals surface area (Å²) in [6.07, 6.45) is 0.904. The van der Waals surface area contributed by atoms with Crippen molar-refractivity contribution in [2.45, 2.75) is 39.7 Å². The summed E-state index contributed by atoms with van der Waals surface area (Å²) in [5.74, 6) is -0.321. The van der Waals surface area contributed by atoms with Gasteiger partial charge in [0, 0.05) is 5.02 Å². The lowest BCUT2D eigenvalue weighted by Crippen LogP contribution is -2.49. The molecule has 0 heterocycles. The Morgan fingerprint density at radius 2 is 2.10 bits per heavy atom. The predicted octanol–water partition coefficient (Wildman–Crippen LogP) is 3.07. The average Bonchev–Trinajstić information content (AvgIpc) is 2.48. The number of halogens is 1. The maximum Gasteiger partial charge on any atom is 0.234 e. The molecule has 0 saturated heterocycles. The van der Waals surface area contributed by atoms with Gasteiger partial charge in [-0.15, -0.1) is 0 Å². The first-order valence-corrected chi connectivity index (χ1v) is 7.33. The highest BCUT2D eigenvalue weighted by atomic mass is 35.5. The zero-order valence-corrected chi connectivity index (χ0v) is 13.3. The number of benzene rings is 1. The number of carbonyl (C=O) groups excluding carboxylic acids is 1. The molecular formula is C15H22ClN3O2. The molecule has 0 aliphatic heterocycles. The van der Waals surface area contributed by atoms with Crippen LogP contribution in [0.1, 0.15) is 45.2 Å². The van der Waals surface area contributed by atoms with E-state index >= 15 is 0 Å². The van der Waals surface area contributed by atoms with Gasteiger partial charge in [-0.25, -0.2) is 0 Å². The van der Waals surface area contributed by atoms with Gasteiger partial charge in [-0.1, -0.05) is 42.7 Å². The Bertz CT molecular complexity index is 527. The molecule has 0 aliphatic carbocycles. The third-order valence-electron chi connectivity index (χ3n) is 3.94. The van der Waals surface area contributed by atoms with Crippen molar-refractivity contribution in [3.63, 3.8) is 0 Å². The molecule has 4 N–H and O–H groups in total. The van der Waals surface area contributed by atoms with Crippen LogP contribution in [-0.4, -0.2) is 17.0 Å². The Balaban J connectivity index is 2.97. The van der Waals surface area contributed by atoms with E-state index in [1.165, 1.54) is 0 Å². The van der Waals surface area contributed by atoms with Crippen molar-refractivity contribution >= 4 is 23.3 Å². The summed E-state index contributed by atoms with van der Waals surface area (Å²) in [6.45, 7) is 5.54. The van der Waals surface area contributed by atoms with Crippen LogP contribution < -0.4 is 11.1 Å². The van der Waals surface area contributed by atoms with Gasteiger partial charge in [-0.3, -0.25) is 4.79 Å². The van der Waals surface area contributed by atoms with Crippen molar-refractivity contribution < 1.29 is 10.0 Å². The molecule has 21 heavy (non-hydrogen) atoms. The minimum atomic E-state index is -0.998. The monoisotopic (exact) mass is 311 g/mol. The maximum atomic E-state index is 12.6. The quantitative estimate of drug-likeness (QED) is 0.326. The summed E-state index contributed by atoms with van der Waals surface area (Å²) >= 11 is 5.96. The van der Waals surface area contributed by atoms with E-state index in [9.17, 15) is 4.79 Å². The van der Waals surface area contributed by atoms with Crippen molar-refractivity contribution in [1.82, 2.24) is 5.32 Å². The van der Waals surface area contributed by atoms with Crippen molar-refractivity contribution in [1.29, 1.82) is 0 Å². The number of hydrogen-bond donors (Lipinski definition) is 3. The molecular weight excluding hydrogens is 290 g/mol. The molecule has 0 bridgehead atoms. The van der Waals surface area contributed by atoms with Gasteiger partial charge in [0.25, 0.3) is 0 Å². The predicted molar refractivity (Wildman–Crippen MR) is 84.4 cm³/mol. The Labute approximate surface area is 130 Å². The van der Waals surface area contributed by atoms with Gasteiger partial charge in [-0.05, 0) is 37.5 Å². The number of nitrogens with one attached hydrogen (secondary N) is 1. The van der Waals surface area contributed by atoms with Crippen molar-refractivity contribution in [2.75, 3.05) is 0 Å². The summed E-state index contributed by atoms with van der Waals surface area (Å²) in [5.41, 5.74) is 5.63. The second-order valence-corrected chi connectivity index (χ2v) is 5.46. The van der Waals surface area contributed by atoms with Crippen LogP contribution in [0.2, 0.25) is 5.02 Å². The summed E-state index contributed by atoms with van der Waals surface area (Å²) < 4.78 is 0. The number of hydrogen-bond acceptors (Lipinski definition) is 3. The highest BCUT2D eigenvalue weighted by Crippen LogP contribution is 2.28. The number of rotatable bonds is 6. The number of amidine groups is 1. The molecule has 1 aromatic carbocycles. The van der Waals surface area contributed by atoms with E-state index in [-0.39, 0.29) is 17.8 Å². The molecule has 0 aromatic heterocycles. The van der Waals surface area contributed by atoms with Gasteiger partial charge in [0.15, 0.2) is 5.84 Å². The summed E-state index contributed by atoms with van der Waals surface area (Å²) in [7, 11) is 0. The number of nitrogens with two attached hydrogens (primary N) is 1. The van der Waals surface area contributed by atoms with Gasteiger partial charge >= 0.3 is 0 Å². The van der Waals surface area contributed by atoms with E-state index < -0.39 is 5.41 Å². The van der Waals surface area contributed by atoms with Crippen LogP contribution in [0.4, 0.5) is 0 Å². The zero-order valence-electron chi connectivity index (χ0n) is 12.6. The molecule has 6 heteroatoms. The van der Waals surface area contributed by atoms with E-state index in [1.54, 1.807) is 12.1 Å². The molecule has 116 valence electrons. The Kier molecular flexibility index (Phi) is 6.03. The summed E-state index contributed by atoms with van der Waals surface area (Å²) in [6, 6.07) is 7.07. The van der Waals surface area contributed by atoms with Crippen molar-refractivity contribution in [2.24, 2.45) is 16.3 Å². The lowest BCUT2D eigenvalue weighted by atomic mass is 9.80. The van der Waals surface area contributed by atoms with Crippen LogP contribution in [0, 0.1) is 5.41 Å². The van der Waals surface area contributed by atoms with Crippen LogP contribution in [0.3, 0.4) is 0 Å². The van der Waals surface area contributed by atoms with Crippen LogP contribution in [0.15, 0.2) is 29.4 Å². The minimum Gasteiger partial charge on any atom is -0.409 e. The Morgan fingerprint density at radius 3 is 2.57 bits per heavy atom. The zero-order chi connectivity index (χ0) is 16.0. The minimum absolute atomic E-state index is 0.0664. The van der Waals surface area contributed by atoms with Gasteiger partial charge in [0.1, 0.15) is 5.41 Å². The molecule has 0 spiro atoms. The lowest BCUT2D eigenvalue weighted by Gasteiger charge is -2.30. The van der Waals surface area contributed by atoms with Crippen LogP contribution in [0.5, 0.6) is 0 Å². The molecule has 0 fully saturated rings. The molecule has 5 nitrogen and oxygen atoms in total. The fraction of sp³-hybridized carbons (Fsp3) is 0.467. The SMILES string of the molecule is CCC(CC)(C(=O)NC(C)c1cccc(Cl)c1)C(N)=NO. The first kappa shape index (κ1) is 17.3. The van der Waals surface area contributed by atoms with Crippen molar-refractivity contribution in [3.8, 4) is 0 Å². The van der Waals surface area contributed by atoms with Crippen LogP contribution in [0.25, 0.3) is 0 Å². The largest absolute Gasteiger partial charge is 0.409 e. The normalized spacial score (nSPS) is 13.8. The third kappa shape index (κ3) is 3.67. The molecule has 0 radical (unpaired) electrons. The lowest BCUT2D eigenvalue weighted by molar-refractivity contribution is -0.128. The fourth-order valence-corrected chi connectivity index (χ4v) is 2.54. The summed E-state index contributed by atoms with van der Waals surface area (Å²) in [5, 5.41) is 15.5. The van der Waals surface area contributed by atoms with Crippen molar-refractivity contribution in [3.05, 3.63) is 34.9 Å². The molecule has 1 rings (SSSR count). The van der Waals surface area contributed by atoms with E-state index in [4.69, 9.17) is 22.5 Å². The smallest absolute Gasteiger partial charge is 0.234 e. The molecule has 1 amide bonds. The molecule has 1 unspecified atom stereocenters. The van der Waals surface area contributed by atoms with Gasteiger partial charge < -0.3 is 16.3 Å². The van der Waals surface area contributed by atoms with Gasteiger partial charge in [0.05, 0.1) is 6.04 Å². The Hall–Kier alpha value is -1.75. The summed E-state index contributed by atoms with van der Waals surface area (Å²) in [4.78, 5) is 12.6. The highest BCUT2D eigenvalue weighted by molar-refractivity contribution is 6.30. The number of oxime groups is 1. The Morgan fingerprint density at radius 1 is 1.48 bits per heavy atom. The topological polar surface area (TPSA) is 87.7 Å². The molecule has 1 atom stereocenters. The van der Waals surface area contributed by atoms with E-state index in [0.29, 0.717) is 17.9 Å². The molecule has 0 aliphatic rings. The standard InChI is InChI=1S/C15H22ClN3O2/c1-4-15(5-2,13(17)19-21)14(20)18-10(3)11-7-6-8-12(16)9-11/h6-10,21H,4-5H2,1-3H3,(H2,17,19)(H,18,20). The number of nitrogens with zero attached hydrogens (tertiary/aromatic N) is 1. The fourth-order valence-electron chi connectivity index (χ4n) is 2.34.